The van der Waals surface area contributed by atoms with Crippen LogP contribution in [0.3, 0.4) is 0 Å². The average molecular weight is 369 g/mol. The lowest BCUT2D eigenvalue weighted by molar-refractivity contribution is 0.135. The number of benzene rings is 1. The van der Waals surface area contributed by atoms with Gasteiger partial charge in [-0.2, -0.15) is 0 Å². The van der Waals surface area contributed by atoms with Crippen molar-refractivity contribution in [2.45, 2.75) is 44.2 Å². The molecule has 1 saturated carbocycles. The zero-order valence-corrected chi connectivity index (χ0v) is 15.7. The number of carbonyl (C=O) groups is 1. The number of nitrogens with zero attached hydrogens (tertiary/aromatic N) is 1. The van der Waals surface area contributed by atoms with Gasteiger partial charge < -0.3 is 20.1 Å². The Morgan fingerprint density at radius 1 is 1.11 bits per heavy atom. The molecule has 144 valence electrons. The van der Waals surface area contributed by atoms with E-state index in [1.165, 1.54) is 5.56 Å². The maximum Gasteiger partial charge on any atom is 0.315 e. The maximum absolute atomic E-state index is 12.1. The first-order valence-electron chi connectivity index (χ1n) is 9.48. The molecule has 0 saturated heterocycles. The summed E-state index contributed by atoms with van der Waals surface area (Å²) in [4.78, 5) is 16.3. The van der Waals surface area contributed by atoms with E-state index >= 15 is 0 Å². The highest BCUT2D eigenvalue weighted by atomic mass is 16.5. The third-order valence-electron chi connectivity index (χ3n) is 4.79. The Morgan fingerprint density at radius 3 is 2.56 bits per heavy atom. The zero-order chi connectivity index (χ0) is 18.9. The second kappa shape index (κ2) is 9.80. The Hall–Kier alpha value is -2.76. The predicted molar refractivity (Wildman–Crippen MR) is 104 cm³/mol. The Bertz CT molecular complexity index is 698. The Morgan fingerprint density at radius 2 is 1.89 bits per heavy atom. The lowest BCUT2D eigenvalue weighted by atomic mass is 9.93. The van der Waals surface area contributed by atoms with Crippen molar-refractivity contribution in [1.82, 2.24) is 15.6 Å². The van der Waals surface area contributed by atoms with E-state index in [2.05, 4.69) is 15.6 Å². The van der Waals surface area contributed by atoms with E-state index in [4.69, 9.17) is 9.47 Å². The topological polar surface area (TPSA) is 72.5 Å². The van der Waals surface area contributed by atoms with E-state index in [9.17, 15) is 4.79 Å². The molecule has 1 aliphatic carbocycles. The molecule has 0 radical (unpaired) electrons. The standard InChI is InChI=1S/C21H27N3O3/c1-26-18-9-5-16(6-10-18)13-15-23-21(25)24-17-7-11-19(12-8-17)27-20-4-2-3-14-22-20/h2-6,9-10,14,17,19H,7-8,11-13,15H2,1H3,(H2,23,24,25). The fraction of sp³-hybridized carbons (Fsp3) is 0.429. The summed E-state index contributed by atoms with van der Waals surface area (Å²) in [6, 6.07) is 13.7. The number of methoxy groups -OCH3 is 1. The highest BCUT2D eigenvalue weighted by molar-refractivity contribution is 5.74. The van der Waals surface area contributed by atoms with Crippen LogP contribution in [0.15, 0.2) is 48.7 Å². The van der Waals surface area contributed by atoms with Gasteiger partial charge in [0.05, 0.1) is 7.11 Å². The predicted octanol–water partition coefficient (Wildman–Crippen LogP) is 3.32. The van der Waals surface area contributed by atoms with E-state index in [1.807, 2.05) is 42.5 Å². The quantitative estimate of drug-likeness (QED) is 0.785. The van der Waals surface area contributed by atoms with Gasteiger partial charge in [0, 0.05) is 24.8 Å². The summed E-state index contributed by atoms with van der Waals surface area (Å²) in [5, 5.41) is 6.00. The fourth-order valence-corrected chi connectivity index (χ4v) is 3.26. The summed E-state index contributed by atoms with van der Waals surface area (Å²) in [5.41, 5.74) is 1.17. The third kappa shape index (κ3) is 6.16. The van der Waals surface area contributed by atoms with Crippen LogP contribution in [0.5, 0.6) is 11.6 Å². The molecular formula is C21H27N3O3. The van der Waals surface area contributed by atoms with Gasteiger partial charge in [-0.25, -0.2) is 9.78 Å². The third-order valence-corrected chi connectivity index (χ3v) is 4.79. The van der Waals surface area contributed by atoms with E-state index in [0.717, 1.165) is 37.9 Å². The van der Waals surface area contributed by atoms with Crippen LogP contribution in [0.2, 0.25) is 0 Å². The number of carbonyl (C=O) groups excluding carboxylic acids is 1. The highest BCUT2D eigenvalue weighted by Crippen LogP contribution is 2.22. The molecule has 2 amide bonds. The zero-order valence-electron chi connectivity index (χ0n) is 15.7. The Labute approximate surface area is 160 Å². The van der Waals surface area contributed by atoms with Crippen molar-refractivity contribution in [2.24, 2.45) is 0 Å². The number of rotatable bonds is 7. The lowest BCUT2D eigenvalue weighted by Gasteiger charge is -2.29. The molecule has 0 aliphatic heterocycles. The summed E-state index contributed by atoms with van der Waals surface area (Å²) in [7, 11) is 1.65. The summed E-state index contributed by atoms with van der Waals surface area (Å²) >= 11 is 0. The molecule has 1 aliphatic rings. The van der Waals surface area contributed by atoms with Crippen LogP contribution in [0, 0.1) is 0 Å². The first kappa shape index (κ1) is 19.0. The molecule has 2 aromatic rings. The average Bonchev–Trinajstić information content (AvgIpc) is 2.71. The smallest absolute Gasteiger partial charge is 0.315 e. The molecule has 6 nitrogen and oxygen atoms in total. The number of aromatic nitrogens is 1. The second-order valence-electron chi connectivity index (χ2n) is 6.76. The number of ether oxygens (including phenoxy) is 2. The molecule has 6 heteroatoms. The van der Waals surface area contributed by atoms with Gasteiger partial charge in [-0.15, -0.1) is 0 Å². The fourth-order valence-electron chi connectivity index (χ4n) is 3.26. The van der Waals surface area contributed by atoms with Crippen molar-refractivity contribution in [3.8, 4) is 11.6 Å². The minimum absolute atomic E-state index is 0.0994. The van der Waals surface area contributed by atoms with Gasteiger partial charge in [0.1, 0.15) is 11.9 Å². The summed E-state index contributed by atoms with van der Waals surface area (Å²) in [6.45, 7) is 0.607. The number of nitrogens with one attached hydrogen (secondary N) is 2. The molecule has 1 heterocycles. The molecule has 0 spiro atoms. The van der Waals surface area contributed by atoms with Gasteiger partial charge in [-0.05, 0) is 55.9 Å². The molecule has 1 aromatic carbocycles. The highest BCUT2D eigenvalue weighted by Gasteiger charge is 2.23. The van der Waals surface area contributed by atoms with Gasteiger partial charge in [0.15, 0.2) is 0 Å². The molecule has 0 atom stereocenters. The van der Waals surface area contributed by atoms with Crippen molar-refractivity contribution in [1.29, 1.82) is 0 Å². The molecule has 0 bridgehead atoms. The van der Waals surface area contributed by atoms with Gasteiger partial charge in [0.2, 0.25) is 5.88 Å². The number of amides is 2. The normalized spacial score (nSPS) is 19.1. The van der Waals surface area contributed by atoms with Crippen LogP contribution in [0.4, 0.5) is 4.79 Å². The van der Waals surface area contributed by atoms with Crippen LogP contribution < -0.4 is 20.1 Å². The van der Waals surface area contributed by atoms with Crippen LogP contribution in [0.25, 0.3) is 0 Å². The van der Waals surface area contributed by atoms with Crippen molar-refractivity contribution >= 4 is 6.03 Å². The van der Waals surface area contributed by atoms with E-state index < -0.39 is 0 Å². The van der Waals surface area contributed by atoms with Crippen LogP contribution in [0.1, 0.15) is 31.2 Å². The number of pyridine rings is 1. The molecule has 3 rings (SSSR count). The molecule has 2 N–H and O–H groups in total. The maximum atomic E-state index is 12.1. The number of urea groups is 1. The van der Waals surface area contributed by atoms with Crippen LogP contribution >= 0.6 is 0 Å². The van der Waals surface area contributed by atoms with Crippen molar-refractivity contribution in [2.75, 3.05) is 13.7 Å². The van der Waals surface area contributed by atoms with Gasteiger partial charge in [0.25, 0.3) is 0 Å². The van der Waals surface area contributed by atoms with Gasteiger partial charge in [-0.1, -0.05) is 18.2 Å². The molecule has 1 fully saturated rings. The summed E-state index contributed by atoms with van der Waals surface area (Å²) < 4.78 is 11.0. The first-order chi connectivity index (χ1) is 13.2. The summed E-state index contributed by atoms with van der Waals surface area (Å²) in [5.74, 6) is 1.51. The van der Waals surface area contributed by atoms with Crippen molar-refractivity contribution < 1.29 is 14.3 Å². The second-order valence-corrected chi connectivity index (χ2v) is 6.76. The van der Waals surface area contributed by atoms with Gasteiger partial charge >= 0.3 is 6.03 Å². The van der Waals surface area contributed by atoms with Crippen LogP contribution in [-0.4, -0.2) is 36.8 Å². The van der Waals surface area contributed by atoms with Gasteiger partial charge in [-0.3, -0.25) is 0 Å². The molecule has 27 heavy (non-hydrogen) atoms. The van der Waals surface area contributed by atoms with Crippen molar-refractivity contribution in [3.63, 3.8) is 0 Å². The van der Waals surface area contributed by atoms with Crippen molar-refractivity contribution in [3.05, 3.63) is 54.2 Å². The monoisotopic (exact) mass is 369 g/mol. The number of hydrogen-bond donors (Lipinski definition) is 2. The Kier molecular flexibility index (Phi) is 6.90. The molecule has 1 aromatic heterocycles. The largest absolute Gasteiger partial charge is 0.497 e. The minimum atomic E-state index is -0.0994. The summed E-state index contributed by atoms with van der Waals surface area (Å²) in [6.07, 6.45) is 6.39. The Balaban J connectivity index is 1.32. The van der Waals surface area contributed by atoms with E-state index in [1.54, 1.807) is 13.3 Å². The lowest BCUT2D eigenvalue weighted by Crippen LogP contribution is -2.45. The minimum Gasteiger partial charge on any atom is -0.497 e. The van der Waals surface area contributed by atoms with Crippen LogP contribution in [-0.2, 0) is 6.42 Å². The SMILES string of the molecule is COc1ccc(CCNC(=O)NC2CCC(Oc3ccccn3)CC2)cc1. The van der Waals surface area contributed by atoms with E-state index in [0.29, 0.717) is 12.4 Å². The molecule has 0 unspecified atom stereocenters. The first-order valence-corrected chi connectivity index (χ1v) is 9.48. The van der Waals surface area contributed by atoms with E-state index in [-0.39, 0.29) is 18.2 Å². The number of hydrogen-bond acceptors (Lipinski definition) is 4. The molecular weight excluding hydrogens is 342 g/mol.